The van der Waals surface area contributed by atoms with Gasteiger partial charge in [-0.2, -0.15) is 0 Å². The lowest BCUT2D eigenvalue weighted by molar-refractivity contribution is 0.0600. The second-order valence-electron chi connectivity index (χ2n) is 5.29. The summed E-state index contributed by atoms with van der Waals surface area (Å²) in [7, 11) is 3.14. The third-order valence-corrected chi connectivity index (χ3v) is 3.63. The molecule has 0 aliphatic heterocycles. The number of carbonyl (C=O) groups excluding carboxylic acids is 1. The molecule has 0 saturated carbocycles. The Morgan fingerprint density at radius 3 is 2.36 bits per heavy atom. The molecular formula is C18H25IN4O2. The molecule has 0 aliphatic rings. The van der Waals surface area contributed by atoms with Crippen LogP contribution in [0.2, 0.25) is 0 Å². The van der Waals surface area contributed by atoms with E-state index in [9.17, 15) is 4.79 Å². The molecule has 2 rings (SSSR count). The van der Waals surface area contributed by atoms with Gasteiger partial charge in [-0.15, -0.1) is 24.0 Å². The summed E-state index contributed by atoms with van der Waals surface area (Å²) in [5.41, 5.74) is 1.72. The maximum atomic E-state index is 11.4. The second-order valence-corrected chi connectivity index (χ2v) is 5.29. The molecule has 7 heteroatoms. The number of rotatable bonds is 7. The molecule has 0 atom stereocenters. The Labute approximate surface area is 165 Å². The first-order valence-electron chi connectivity index (χ1n) is 7.95. The molecule has 1 aromatic heterocycles. The predicted octanol–water partition coefficient (Wildman–Crippen LogP) is 2.30. The highest BCUT2D eigenvalue weighted by Gasteiger charge is 2.04. The summed E-state index contributed by atoms with van der Waals surface area (Å²) in [5, 5.41) is 6.57. The molecule has 2 N–H and O–H groups in total. The van der Waals surface area contributed by atoms with Gasteiger partial charge in [0.15, 0.2) is 5.96 Å². The van der Waals surface area contributed by atoms with Crippen LogP contribution in [-0.4, -0.2) is 43.7 Å². The summed E-state index contributed by atoms with van der Waals surface area (Å²) in [6, 6.07) is 11.5. The SMILES string of the molecule is CN=C(NCCc1ccc(C(=O)OC)cc1)NCCn1cccc1.I. The van der Waals surface area contributed by atoms with E-state index in [0.717, 1.165) is 37.6 Å². The monoisotopic (exact) mass is 456 g/mol. The standard InChI is InChI=1S/C18H24N4O2.HI/c1-19-18(21-11-14-22-12-3-4-13-22)20-10-9-15-5-7-16(8-6-15)17(23)24-2;/h3-8,12-13H,9-11,14H2,1-2H3,(H2,19,20,21);1H. The van der Waals surface area contributed by atoms with Crippen molar-refractivity contribution < 1.29 is 9.53 Å². The van der Waals surface area contributed by atoms with E-state index >= 15 is 0 Å². The number of carbonyl (C=O) groups is 1. The van der Waals surface area contributed by atoms with Crippen LogP contribution < -0.4 is 10.6 Å². The van der Waals surface area contributed by atoms with E-state index in [4.69, 9.17) is 4.74 Å². The van der Waals surface area contributed by atoms with Crippen LogP contribution in [0, 0.1) is 0 Å². The van der Waals surface area contributed by atoms with Crippen LogP contribution >= 0.6 is 24.0 Å². The Balaban J connectivity index is 0.00000312. The van der Waals surface area contributed by atoms with Crippen molar-refractivity contribution >= 4 is 35.9 Å². The largest absolute Gasteiger partial charge is 0.465 e. The fourth-order valence-electron chi connectivity index (χ4n) is 2.29. The van der Waals surface area contributed by atoms with Crippen LogP contribution in [0.3, 0.4) is 0 Å². The summed E-state index contributed by atoms with van der Waals surface area (Å²) in [6.07, 6.45) is 4.92. The highest BCUT2D eigenvalue weighted by Crippen LogP contribution is 2.06. The van der Waals surface area contributed by atoms with Gasteiger partial charge in [0, 0.05) is 39.1 Å². The summed E-state index contributed by atoms with van der Waals surface area (Å²) in [4.78, 5) is 15.6. The third kappa shape index (κ3) is 7.16. The van der Waals surface area contributed by atoms with Crippen LogP contribution in [0.4, 0.5) is 0 Å². The van der Waals surface area contributed by atoms with Gasteiger partial charge < -0.3 is 19.9 Å². The van der Waals surface area contributed by atoms with Crippen molar-refractivity contribution in [2.24, 2.45) is 4.99 Å². The summed E-state index contributed by atoms with van der Waals surface area (Å²) < 4.78 is 6.80. The van der Waals surface area contributed by atoms with Gasteiger partial charge in [-0.1, -0.05) is 12.1 Å². The van der Waals surface area contributed by atoms with Gasteiger partial charge >= 0.3 is 5.97 Å². The van der Waals surface area contributed by atoms with Gasteiger partial charge in [0.1, 0.15) is 0 Å². The first-order chi connectivity index (χ1) is 11.7. The number of hydrogen-bond donors (Lipinski definition) is 2. The molecule has 0 saturated heterocycles. The number of nitrogens with zero attached hydrogens (tertiary/aromatic N) is 2. The minimum absolute atomic E-state index is 0. The van der Waals surface area contributed by atoms with Crippen molar-refractivity contribution in [3.05, 3.63) is 59.9 Å². The highest BCUT2D eigenvalue weighted by atomic mass is 127. The topological polar surface area (TPSA) is 67.7 Å². The lowest BCUT2D eigenvalue weighted by atomic mass is 10.1. The number of halogens is 1. The van der Waals surface area contributed by atoms with Crippen LogP contribution in [0.1, 0.15) is 15.9 Å². The molecule has 25 heavy (non-hydrogen) atoms. The number of hydrogen-bond acceptors (Lipinski definition) is 3. The number of methoxy groups -OCH3 is 1. The molecule has 6 nitrogen and oxygen atoms in total. The van der Waals surface area contributed by atoms with E-state index in [1.165, 1.54) is 7.11 Å². The zero-order valence-electron chi connectivity index (χ0n) is 14.6. The number of guanidine groups is 1. The maximum Gasteiger partial charge on any atom is 0.337 e. The second kappa shape index (κ2) is 11.5. The van der Waals surface area contributed by atoms with E-state index in [2.05, 4.69) is 20.2 Å². The van der Waals surface area contributed by atoms with Gasteiger partial charge in [-0.05, 0) is 36.2 Å². The Hall–Kier alpha value is -2.03. The Morgan fingerprint density at radius 2 is 1.76 bits per heavy atom. The molecule has 0 aliphatic carbocycles. The van der Waals surface area contributed by atoms with E-state index in [1.54, 1.807) is 19.2 Å². The molecule has 0 unspecified atom stereocenters. The smallest absolute Gasteiger partial charge is 0.337 e. The van der Waals surface area contributed by atoms with Crippen LogP contribution in [0.25, 0.3) is 0 Å². The van der Waals surface area contributed by atoms with Crippen molar-refractivity contribution in [1.82, 2.24) is 15.2 Å². The third-order valence-electron chi connectivity index (χ3n) is 3.63. The number of ether oxygens (including phenoxy) is 1. The molecule has 1 aromatic carbocycles. The number of aliphatic imine (C=N–C) groups is 1. The number of benzene rings is 1. The van der Waals surface area contributed by atoms with Gasteiger partial charge in [0.05, 0.1) is 12.7 Å². The molecule has 1 heterocycles. The Bertz CT molecular complexity index is 654. The minimum Gasteiger partial charge on any atom is -0.465 e. The molecule has 0 radical (unpaired) electrons. The van der Waals surface area contributed by atoms with Gasteiger partial charge in [0.25, 0.3) is 0 Å². The zero-order chi connectivity index (χ0) is 17.2. The Morgan fingerprint density at radius 1 is 1.12 bits per heavy atom. The summed E-state index contributed by atoms with van der Waals surface area (Å²) in [5.74, 6) is 0.473. The number of esters is 1. The van der Waals surface area contributed by atoms with Crippen LogP contribution in [0.5, 0.6) is 0 Å². The Kier molecular flexibility index (Phi) is 9.68. The molecule has 0 fully saturated rings. The molecular weight excluding hydrogens is 431 g/mol. The van der Waals surface area contributed by atoms with Crippen LogP contribution in [-0.2, 0) is 17.7 Å². The molecule has 0 amide bonds. The van der Waals surface area contributed by atoms with Crippen molar-refractivity contribution in [1.29, 1.82) is 0 Å². The fourth-order valence-corrected chi connectivity index (χ4v) is 2.29. The fraction of sp³-hybridized carbons (Fsp3) is 0.333. The first-order valence-corrected chi connectivity index (χ1v) is 7.95. The van der Waals surface area contributed by atoms with E-state index in [-0.39, 0.29) is 29.9 Å². The molecule has 2 aromatic rings. The first kappa shape index (κ1) is 21.0. The lowest BCUT2D eigenvalue weighted by Gasteiger charge is -2.12. The zero-order valence-corrected chi connectivity index (χ0v) is 16.9. The summed E-state index contributed by atoms with van der Waals surface area (Å²) >= 11 is 0. The van der Waals surface area contributed by atoms with Crippen molar-refractivity contribution in [3.63, 3.8) is 0 Å². The van der Waals surface area contributed by atoms with Crippen molar-refractivity contribution in [2.75, 3.05) is 27.2 Å². The molecule has 0 bridgehead atoms. The molecule has 0 spiro atoms. The average Bonchev–Trinajstić information content (AvgIpc) is 3.13. The van der Waals surface area contributed by atoms with E-state index < -0.39 is 0 Å². The quantitative estimate of drug-likeness (QED) is 0.291. The van der Waals surface area contributed by atoms with Gasteiger partial charge in [-0.3, -0.25) is 4.99 Å². The number of nitrogens with one attached hydrogen (secondary N) is 2. The van der Waals surface area contributed by atoms with E-state index in [1.807, 2.05) is 36.7 Å². The highest BCUT2D eigenvalue weighted by molar-refractivity contribution is 14.0. The molecule has 136 valence electrons. The van der Waals surface area contributed by atoms with Crippen molar-refractivity contribution in [3.8, 4) is 0 Å². The lowest BCUT2D eigenvalue weighted by Crippen LogP contribution is -2.39. The average molecular weight is 456 g/mol. The maximum absolute atomic E-state index is 11.4. The van der Waals surface area contributed by atoms with E-state index in [0.29, 0.717) is 5.56 Å². The number of aromatic nitrogens is 1. The minimum atomic E-state index is -0.313. The van der Waals surface area contributed by atoms with Crippen LogP contribution in [0.15, 0.2) is 53.8 Å². The summed E-state index contributed by atoms with van der Waals surface area (Å²) in [6.45, 7) is 2.46. The predicted molar refractivity (Wildman–Crippen MR) is 111 cm³/mol. The van der Waals surface area contributed by atoms with Crippen molar-refractivity contribution in [2.45, 2.75) is 13.0 Å². The van der Waals surface area contributed by atoms with Gasteiger partial charge in [0.2, 0.25) is 0 Å². The van der Waals surface area contributed by atoms with Gasteiger partial charge in [-0.25, -0.2) is 4.79 Å². The normalized spacial score (nSPS) is 10.7.